The van der Waals surface area contributed by atoms with Crippen molar-refractivity contribution in [3.05, 3.63) is 35.9 Å². The van der Waals surface area contributed by atoms with E-state index in [-0.39, 0.29) is 0 Å². The van der Waals surface area contributed by atoms with Crippen molar-refractivity contribution in [1.82, 2.24) is 5.32 Å². The van der Waals surface area contributed by atoms with E-state index in [2.05, 4.69) is 12.2 Å². The number of hydrogen-bond acceptors (Lipinski definition) is 2. The summed E-state index contributed by atoms with van der Waals surface area (Å²) < 4.78 is 0. The number of carboxylic acid groups (broad SMARTS) is 1. The van der Waals surface area contributed by atoms with E-state index in [1.54, 1.807) is 0 Å². The highest BCUT2D eigenvalue weighted by molar-refractivity contribution is 7.80. The number of benzene rings is 1. The van der Waals surface area contributed by atoms with Gasteiger partial charge in [-0.15, -0.1) is 0 Å². The van der Waals surface area contributed by atoms with Crippen molar-refractivity contribution in [2.45, 2.75) is 96.4 Å². The highest BCUT2D eigenvalue weighted by Gasteiger charge is 2.39. The lowest BCUT2D eigenvalue weighted by atomic mass is 9.87. The number of rotatable bonds is 15. The second-order valence-electron chi connectivity index (χ2n) is 7.41. The number of thiocarbonyl (C=S) groups is 1. The summed E-state index contributed by atoms with van der Waals surface area (Å²) in [6.07, 6.45) is 14.0. The van der Waals surface area contributed by atoms with Crippen LogP contribution in [0.4, 0.5) is 0 Å². The van der Waals surface area contributed by atoms with Crippen LogP contribution in [0, 0.1) is 0 Å². The standard InChI is InChI=1S/C23H37NO2S/c1-3-5-6-7-8-9-10-11-12-16-19-21(27)24-23(4-2,22(25)26)20-17-14-13-15-18-20/h13-15,17-18H,3-12,16,19H2,1-2H3,(H,24,27)(H,25,26). The molecule has 0 bridgehead atoms. The van der Waals surface area contributed by atoms with Crippen LogP contribution in [-0.2, 0) is 10.3 Å². The van der Waals surface area contributed by atoms with Gasteiger partial charge < -0.3 is 10.4 Å². The number of hydrogen-bond donors (Lipinski definition) is 2. The monoisotopic (exact) mass is 391 g/mol. The van der Waals surface area contributed by atoms with Crippen molar-refractivity contribution in [2.75, 3.05) is 0 Å². The van der Waals surface area contributed by atoms with Crippen molar-refractivity contribution in [1.29, 1.82) is 0 Å². The van der Waals surface area contributed by atoms with Crippen molar-refractivity contribution in [3.63, 3.8) is 0 Å². The van der Waals surface area contributed by atoms with Crippen LogP contribution >= 0.6 is 12.2 Å². The molecule has 27 heavy (non-hydrogen) atoms. The van der Waals surface area contributed by atoms with E-state index >= 15 is 0 Å². The molecule has 0 saturated carbocycles. The zero-order chi connectivity index (χ0) is 20.0. The fourth-order valence-electron chi connectivity index (χ4n) is 3.49. The van der Waals surface area contributed by atoms with Gasteiger partial charge in [0.25, 0.3) is 0 Å². The van der Waals surface area contributed by atoms with Gasteiger partial charge in [0, 0.05) is 0 Å². The van der Waals surface area contributed by atoms with Gasteiger partial charge in [-0.1, -0.05) is 114 Å². The summed E-state index contributed by atoms with van der Waals surface area (Å²) in [5, 5.41) is 13.0. The van der Waals surface area contributed by atoms with Crippen LogP contribution in [0.15, 0.2) is 30.3 Å². The molecule has 0 aliphatic rings. The quantitative estimate of drug-likeness (QED) is 0.261. The molecule has 0 radical (unpaired) electrons. The third-order valence-corrected chi connectivity index (χ3v) is 5.58. The average molecular weight is 392 g/mol. The second kappa shape index (κ2) is 13.7. The molecule has 1 atom stereocenters. The lowest BCUT2D eigenvalue weighted by molar-refractivity contribution is -0.144. The fourth-order valence-corrected chi connectivity index (χ4v) is 3.81. The normalized spacial score (nSPS) is 13.1. The largest absolute Gasteiger partial charge is 0.479 e. The number of carbonyl (C=O) groups is 1. The van der Waals surface area contributed by atoms with E-state index in [0.717, 1.165) is 24.8 Å². The predicted octanol–water partition coefficient (Wildman–Crippen LogP) is 6.60. The first-order valence-electron chi connectivity index (χ1n) is 10.7. The molecule has 0 fully saturated rings. The molecule has 1 unspecified atom stereocenters. The van der Waals surface area contributed by atoms with Crippen molar-refractivity contribution in [2.24, 2.45) is 0 Å². The van der Waals surface area contributed by atoms with Crippen molar-refractivity contribution >= 4 is 23.2 Å². The Labute approximate surface area is 170 Å². The molecule has 0 aliphatic heterocycles. The van der Waals surface area contributed by atoms with Crippen LogP contribution < -0.4 is 5.32 Å². The number of unbranched alkanes of at least 4 members (excludes halogenated alkanes) is 9. The van der Waals surface area contributed by atoms with Gasteiger partial charge in [-0.3, -0.25) is 0 Å². The Morgan fingerprint density at radius 3 is 1.93 bits per heavy atom. The molecule has 0 heterocycles. The first kappa shape index (κ1) is 23.6. The van der Waals surface area contributed by atoms with E-state index in [0.29, 0.717) is 11.4 Å². The number of nitrogens with one attached hydrogen (secondary N) is 1. The van der Waals surface area contributed by atoms with Crippen LogP contribution in [0.25, 0.3) is 0 Å². The molecule has 1 aromatic carbocycles. The van der Waals surface area contributed by atoms with Gasteiger partial charge in [0.1, 0.15) is 0 Å². The Morgan fingerprint density at radius 1 is 0.926 bits per heavy atom. The third-order valence-electron chi connectivity index (χ3n) is 5.27. The number of aliphatic carboxylic acids is 1. The SMILES string of the molecule is CCCCCCCCCCCCC(=S)NC(CC)(C(=O)O)c1ccccc1. The summed E-state index contributed by atoms with van der Waals surface area (Å²) in [6.45, 7) is 4.14. The first-order chi connectivity index (χ1) is 13.1. The number of carboxylic acids is 1. The maximum atomic E-state index is 12.0. The summed E-state index contributed by atoms with van der Waals surface area (Å²) in [4.78, 5) is 12.7. The molecule has 0 aromatic heterocycles. The van der Waals surface area contributed by atoms with Gasteiger partial charge in [-0.05, 0) is 24.8 Å². The summed E-state index contributed by atoms with van der Waals surface area (Å²) >= 11 is 5.47. The molecule has 152 valence electrons. The van der Waals surface area contributed by atoms with Crippen molar-refractivity contribution in [3.8, 4) is 0 Å². The summed E-state index contributed by atoms with van der Waals surface area (Å²) in [7, 11) is 0. The Bertz CT molecular complexity index is 547. The van der Waals surface area contributed by atoms with Gasteiger partial charge in [0.15, 0.2) is 5.54 Å². The van der Waals surface area contributed by atoms with Crippen LogP contribution in [0.1, 0.15) is 96.5 Å². The predicted molar refractivity (Wildman–Crippen MR) is 118 cm³/mol. The Hall–Kier alpha value is -1.42. The highest BCUT2D eigenvalue weighted by Crippen LogP contribution is 2.26. The van der Waals surface area contributed by atoms with Crippen LogP contribution in [0.2, 0.25) is 0 Å². The minimum Gasteiger partial charge on any atom is -0.479 e. The molecule has 2 N–H and O–H groups in total. The smallest absolute Gasteiger partial charge is 0.334 e. The van der Waals surface area contributed by atoms with Crippen LogP contribution in [0.5, 0.6) is 0 Å². The molecule has 1 aromatic rings. The second-order valence-corrected chi connectivity index (χ2v) is 7.90. The van der Waals surface area contributed by atoms with Gasteiger partial charge in [0.2, 0.25) is 0 Å². The molecule has 0 aliphatic carbocycles. The van der Waals surface area contributed by atoms with E-state index in [1.165, 1.54) is 51.4 Å². The van der Waals surface area contributed by atoms with Crippen LogP contribution in [0.3, 0.4) is 0 Å². The topological polar surface area (TPSA) is 49.3 Å². The maximum Gasteiger partial charge on any atom is 0.334 e. The molecule has 0 spiro atoms. The molecular weight excluding hydrogens is 354 g/mol. The molecule has 3 nitrogen and oxygen atoms in total. The molecular formula is C23H37NO2S. The van der Waals surface area contributed by atoms with Gasteiger partial charge >= 0.3 is 5.97 Å². The van der Waals surface area contributed by atoms with Gasteiger partial charge in [-0.2, -0.15) is 0 Å². The van der Waals surface area contributed by atoms with E-state index in [4.69, 9.17) is 12.2 Å². The molecule has 4 heteroatoms. The van der Waals surface area contributed by atoms with E-state index < -0.39 is 11.5 Å². The van der Waals surface area contributed by atoms with Crippen LogP contribution in [-0.4, -0.2) is 16.1 Å². The minimum absolute atomic E-state index is 0.449. The van der Waals surface area contributed by atoms with E-state index in [9.17, 15) is 9.90 Å². The Balaban J connectivity index is 2.32. The van der Waals surface area contributed by atoms with Crippen molar-refractivity contribution < 1.29 is 9.90 Å². The fraction of sp³-hybridized carbons (Fsp3) is 0.652. The highest BCUT2D eigenvalue weighted by atomic mass is 32.1. The maximum absolute atomic E-state index is 12.0. The Kier molecular flexibility index (Phi) is 12.0. The molecule has 0 saturated heterocycles. The summed E-state index contributed by atoms with van der Waals surface area (Å²) in [6, 6.07) is 9.35. The van der Waals surface area contributed by atoms with Gasteiger partial charge in [0.05, 0.1) is 4.99 Å². The summed E-state index contributed by atoms with van der Waals surface area (Å²) in [5.41, 5.74) is -0.373. The lowest BCUT2D eigenvalue weighted by Crippen LogP contribution is -2.51. The third kappa shape index (κ3) is 8.42. The Morgan fingerprint density at radius 2 is 1.44 bits per heavy atom. The minimum atomic E-state index is -1.13. The zero-order valence-corrected chi connectivity index (χ0v) is 18.0. The molecule has 1 rings (SSSR count). The summed E-state index contributed by atoms with van der Waals surface area (Å²) in [5.74, 6) is -0.873. The molecule has 0 amide bonds. The lowest BCUT2D eigenvalue weighted by Gasteiger charge is -2.31. The zero-order valence-electron chi connectivity index (χ0n) is 17.1. The van der Waals surface area contributed by atoms with Gasteiger partial charge in [-0.25, -0.2) is 4.79 Å². The first-order valence-corrected chi connectivity index (χ1v) is 11.1. The van der Waals surface area contributed by atoms with E-state index in [1.807, 2.05) is 37.3 Å². The average Bonchev–Trinajstić information content (AvgIpc) is 2.68.